The van der Waals surface area contributed by atoms with Gasteiger partial charge in [0.05, 0.1) is 12.1 Å². The fourth-order valence-corrected chi connectivity index (χ4v) is 4.69. The number of ether oxygens (including phenoxy) is 2. The molecule has 0 aromatic carbocycles. The predicted molar refractivity (Wildman–Crippen MR) is 109 cm³/mol. The smallest absolute Gasteiger partial charge is 0.330 e. The van der Waals surface area contributed by atoms with Crippen LogP contribution >= 0.6 is 11.8 Å². The third-order valence-electron chi connectivity index (χ3n) is 5.27. The number of carbonyl (C=O) groups is 2. The van der Waals surface area contributed by atoms with E-state index < -0.39 is 17.9 Å². The van der Waals surface area contributed by atoms with Crippen LogP contribution in [-0.2, 0) is 14.3 Å². The topological polar surface area (TPSA) is 84.9 Å². The van der Waals surface area contributed by atoms with Gasteiger partial charge in [-0.2, -0.15) is 0 Å². The molecule has 154 valence electrons. The minimum atomic E-state index is -1.52. The minimum Gasteiger partial charge on any atom is -0.459 e. The zero-order chi connectivity index (χ0) is 20.0. The Labute approximate surface area is 170 Å². The van der Waals surface area contributed by atoms with E-state index in [1.54, 1.807) is 0 Å². The molecular formula is C21H29NO5S. The van der Waals surface area contributed by atoms with Crippen molar-refractivity contribution in [2.75, 3.05) is 5.75 Å². The summed E-state index contributed by atoms with van der Waals surface area (Å²) in [5.74, 6) is -1.46. The zero-order valence-corrected chi connectivity index (χ0v) is 17.1. The summed E-state index contributed by atoms with van der Waals surface area (Å²) in [5.41, 5.74) is 0.962. The van der Waals surface area contributed by atoms with Crippen molar-refractivity contribution in [2.24, 2.45) is 0 Å². The van der Waals surface area contributed by atoms with Crippen LogP contribution in [0.1, 0.15) is 51.9 Å². The second kappa shape index (κ2) is 9.76. The van der Waals surface area contributed by atoms with Gasteiger partial charge in [-0.25, -0.2) is 4.79 Å². The summed E-state index contributed by atoms with van der Waals surface area (Å²) in [6.45, 7) is 1.92. The van der Waals surface area contributed by atoms with E-state index in [0.29, 0.717) is 12.2 Å². The van der Waals surface area contributed by atoms with Gasteiger partial charge in [0.25, 0.3) is 5.24 Å². The van der Waals surface area contributed by atoms with Crippen LogP contribution in [0.15, 0.2) is 36.0 Å². The Morgan fingerprint density at radius 3 is 2.75 bits per heavy atom. The molecule has 0 aliphatic carbocycles. The molecule has 0 aromatic heterocycles. The maximum absolute atomic E-state index is 12.3. The average Bonchev–Trinajstić information content (AvgIpc) is 3.06. The highest BCUT2D eigenvalue weighted by Crippen LogP contribution is 2.36. The number of rotatable bonds is 1. The summed E-state index contributed by atoms with van der Waals surface area (Å²) in [7, 11) is 0. The van der Waals surface area contributed by atoms with E-state index in [1.807, 2.05) is 19.1 Å². The van der Waals surface area contributed by atoms with Crippen molar-refractivity contribution >= 4 is 23.0 Å². The number of esters is 1. The molecule has 0 unspecified atom stereocenters. The van der Waals surface area contributed by atoms with E-state index in [2.05, 4.69) is 17.5 Å². The summed E-state index contributed by atoms with van der Waals surface area (Å²) in [6.07, 6.45) is 14.2. The molecule has 2 fully saturated rings. The Kier molecular flexibility index (Phi) is 7.37. The quantitative estimate of drug-likeness (QED) is 0.646. The Morgan fingerprint density at radius 1 is 1.21 bits per heavy atom. The molecular weight excluding hydrogens is 378 g/mol. The van der Waals surface area contributed by atoms with Crippen molar-refractivity contribution in [2.45, 2.75) is 75.9 Å². The third kappa shape index (κ3) is 5.96. The molecule has 6 nitrogen and oxygen atoms in total. The monoisotopic (exact) mass is 407 g/mol. The highest BCUT2D eigenvalue weighted by molar-refractivity contribution is 8.14. The lowest BCUT2D eigenvalue weighted by atomic mass is 9.91. The van der Waals surface area contributed by atoms with Crippen LogP contribution in [0.3, 0.4) is 0 Å². The van der Waals surface area contributed by atoms with Gasteiger partial charge in [-0.1, -0.05) is 41.6 Å². The number of hydrogen-bond donors (Lipinski definition) is 2. The van der Waals surface area contributed by atoms with Crippen molar-refractivity contribution in [3.8, 4) is 0 Å². The summed E-state index contributed by atoms with van der Waals surface area (Å²) in [5, 5.41) is 13.7. The van der Waals surface area contributed by atoms with Crippen LogP contribution in [0.4, 0.5) is 4.79 Å². The first kappa shape index (κ1) is 21.1. The molecule has 2 N–H and O–H groups in total. The maximum atomic E-state index is 12.3. The first-order chi connectivity index (χ1) is 13.4. The summed E-state index contributed by atoms with van der Waals surface area (Å²) < 4.78 is 11.7. The molecule has 3 heterocycles. The van der Waals surface area contributed by atoms with Gasteiger partial charge in [-0.15, -0.1) is 0 Å². The van der Waals surface area contributed by atoms with Gasteiger partial charge >= 0.3 is 5.97 Å². The number of allylic oxidation sites excluding steroid dienone is 5. The number of hydrogen-bond acceptors (Lipinski definition) is 6. The molecule has 4 atom stereocenters. The molecule has 7 heteroatoms. The normalized spacial score (nSPS) is 39.4. The molecule has 0 spiro atoms. The largest absolute Gasteiger partial charge is 0.459 e. The van der Waals surface area contributed by atoms with Crippen LogP contribution in [0.25, 0.3) is 0 Å². The number of nitrogens with one attached hydrogen (secondary N) is 1. The van der Waals surface area contributed by atoms with Crippen LogP contribution in [0.5, 0.6) is 0 Å². The number of amides is 1. The third-order valence-corrected chi connectivity index (χ3v) is 6.15. The fraction of sp³-hybridized carbons (Fsp3) is 0.619. The van der Waals surface area contributed by atoms with Crippen LogP contribution in [0.2, 0.25) is 0 Å². The molecule has 2 saturated heterocycles. The zero-order valence-electron chi connectivity index (χ0n) is 16.3. The van der Waals surface area contributed by atoms with E-state index in [-0.39, 0.29) is 23.7 Å². The second-order valence-electron chi connectivity index (χ2n) is 7.70. The molecule has 0 radical (unpaired) electrons. The van der Waals surface area contributed by atoms with Crippen LogP contribution < -0.4 is 5.32 Å². The van der Waals surface area contributed by atoms with Crippen molar-refractivity contribution in [3.05, 3.63) is 36.0 Å². The van der Waals surface area contributed by atoms with E-state index >= 15 is 0 Å². The molecule has 0 aromatic rings. The van der Waals surface area contributed by atoms with Crippen LogP contribution in [0, 0.1) is 0 Å². The predicted octanol–water partition coefficient (Wildman–Crippen LogP) is 3.61. The number of thioether (sulfide) groups is 1. The van der Waals surface area contributed by atoms with Crippen molar-refractivity contribution in [3.63, 3.8) is 0 Å². The molecule has 1 amide bonds. The Morgan fingerprint density at radius 2 is 2.00 bits per heavy atom. The fourth-order valence-electron chi connectivity index (χ4n) is 3.80. The molecule has 3 aliphatic rings. The number of carbonyl (C=O) groups excluding carboxylic acids is 2. The lowest BCUT2D eigenvalue weighted by Crippen LogP contribution is -2.58. The van der Waals surface area contributed by atoms with E-state index in [9.17, 15) is 14.7 Å². The average molecular weight is 408 g/mol. The lowest BCUT2D eigenvalue weighted by molar-refractivity contribution is -0.283. The van der Waals surface area contributed by atoms with Crippen LogP contribution in [-0.4, -0.2) is 46.1 Å². The van der Waals surface area contributed by atoms with Gasteiger partial charge in [0, 0.05) is 24.7 Å². The highest BCUT2D eigenvalue weighted by Gasteiger charge is 2.49. The van der Waals surface area contributed by atoms with Gasteiger partial charge in [-0.05, 0) is 39.0 Å². The van der Waals surface area contributed by atoms with Crippen molar-refractivity contribution in [1.29, 1.82) is 0 Å². The molecule has 2 bridgehead atoms. The summed E-state index contributed by atoms with van der Waals surface area (Å²) in [4.78, 5) is 23.9. The summed E-state index contributed by atoms with van der Waals surface area (Å²) >= 11 is 1.14. The Hall–Kier alpha value is -1.57. The Balaban J connectivity index is 1.75. The first-order valence-corrected chi connectivity index (χ1v) is 11.0. The highest BCUT2D eigenvalue weighted by atomic mass is 32.2. The maximum Gasteiger partial charge on any atom is 0.330 e. The van der Waals surface area contributed by atoms with E-state index in [0.717, 1.165) is 49.4 Å². The van der Waals surface area contributed by atoms with Gasteiger partial charge < -0.3 is 19.9 Å². The van der Waals surface area contributed by atoms with Gasteiger partial charge in [0.15, 0.2) is 5.79 Å². The van der Waals surface area contributed by atoms with Gasteiger partial charge in [-0.3, -0.25) is 4.79 Å². The standard InChI is InChI=1S/C21H29NO5S/c1-15-9-7-5-3-2-4-6-8-10-16-12-17(26-19(23)11-15)13-21(25,27-16)18-14-28-20(24)22-18/h2-5,11,16-18,25H,6-10,12-14H2,1H3,(H,22,24)/b4-2-,5-3-,15-11-/t16-,17-,18+,21-/m1/s1. The molecule has 3 rings (SSSR count). The molecule has 0 saturated carbocycles. The van der Waals surface area contributed by atoms with E-state index in [1.165, 1.54) is 6.08 Å². The SMILES string of the molecule is C/C1=C/C(=O)O[C@@H]2C[C@@H](CCC/C=C\C=C/CC1)O[C@@](O)([C@@H]1CSC(=O)N1)C2. The summed E-state index contributed by atoms with van der Waals surface area (Å²) in [6, 6.07) is -0.498. The lowest BCUT2D eigenvalue weighted by Gasteiger charge is -2.43. The number of fused-ring (bicyclic) bond motifs is 2. The number of aliphatic hydroxyl groups is 1. The minimum absolute atomic E-state index is 0.163. The Bertz CT molecular complexity index is 674. The second-order valence-corrected chi connectivity index (χ2v) is 8.69. The molecule has 28 heavy (non-hydrogen) atoms. The van der Waals surface area contributed by atoms with Crippen molar-refractivity contribution in [1.82, 2.24) is 5.32 Å². The van der Waals surface area contributed by atoms with Crippen molar-refractivity contribution < 1.29 is 24.2 Å². The van der Waals surface area contributed by atoms with E-state index in [4.69, 9.17) is 9.47 Å². The van der Waals surface area contributed by atoms with Gasteiger partial charge in [0.2, 0.25) is 0 Å². The first-order valence-electron chi connectivity index (χ1n) is 9.97. The molecule has 3 aliphatic heterocycles. The van der Waals surface area contributed by atoms with Gasteiger partial charge in [0.1, 0.15) is 6.10 Å².